The average Bonchev–Trinajstić information content (AvgIpc) is 2.25. The maximum atomic E-state index is 13.1. The van der Waals surface area contributed by atoms with Crippen LogP contribution < -0.4 is 17.2 Å². The quantitative estimate of drug-likeness (QED) is 0.503. The second-order valence-corrected chi connectivity index (χ2v) is 4.82. The zero-order valence-corrected chi connectivity index (χ0v) is 11.5. The van der Waals surface area contributed by atoms with Crippen LogP contribution in [0.15, 0.2) is 35.7 Å². The van der Waals surface area contributed by atoms with Crippen molar-refractivity contribution >= 4 is 14.9 Å². The Morgan fingerprint density at radius 2 is 1.89 bits per heavy atom. The van der Waals surface area contributed by atoms with Crippen molar-refractivity contribution < 1.29 is 13.9 Å². The molecule has 104 valence electrons. The van der Waals surface area contributed by atoms with Gasteiger partial charge in [0.25, 0.3) is 5.66 Å². The van der Waals surface area contributed by atoms with Crippen LogP contribution in [0.3, 0.4) is 0 Å². The van der Waals surface area contributed by atoms with Crippen LogP contribution in [0, 0.1) is 0 Å². The number of phenolic OH excluding ortho intramolecular Hbond substituents is 1. The van der Waals surface area contributed by atoms with Gasteiger partial charge < -0.3 is 22.3 Å². The van der Waals surface area contributed by atoms with Gasteiger partial charge in [0.1, 0.15) is 5.75 Å². The molecular formula is C12H16F2N3OP. The van der Waals surface area contributed by atoms with Gasteiger partial charge in [-0.25, -0.2) is 0 Å². The van der Waals surface area contributed by atoms with E-state index in [-0.39, 0.29) is 28.4 Å². The van der Waals surface area contributed by atoms with Gasteiger partial charge in [-0.05, 0) is 30.7 Å². The maximum Gasteiger partial charge on any atom is 0.284 e. The van der Waals surface area contributed by atoms with E-state index in [1.165, 1.54) is 27.4 Å². The molecule has 0 bridgehead atoms. The Hall–Kier alpha value is -1.81. The number of phenols is 1. The zero-order chi connectivity index (χ0) is 14.8. The van der Waals surface area contributed by atoms with Gasteiger partial charge in [-0.3, -0.25) is 0 Å². The van der Waals surface area contributed by atoms with Gasteiger partial charge in [0.05, 0.1) is 5.82 Å². The highest BCUT2D eigenvalue weighted by atomic mass is 31.0. The van der Waals surface area contributed by atoms with Crippen molar-refractivity contribution in [1.82, 2.24) is 0 Å². The highest BCUT2D eigenvalue weighted by molar-refractivity contribution is 7.17. The molecule has 7 heteroatoms. The molecule has 19 heavy (non-hydrogen) atoms. The molecule has 0 radical (unpaired) electrons. The van der Waals surface area contributed by atoms with Crippen LogP contribution in [0.4, 0.5) is 8.78 Å². The lowest BCUT2D eigenvalue weighted by atomic mass is 10.0. The summed E-state index contributed by atoms with van der Waals surface area (Å²) in [6.45, 7) is 1.65. The van der Waals surface area contributed by atoms with Gasteiger partial charge in [-0.2, -0.15) is 8.78 Å². The number of halogens is 2. The molecule has 1 rings (SSSR count). The first-order chi connectivity index (χ1) is 8.62. The summed E-state index contributed by atoms with van der Waals surface area (Å²) in [5, 5.41) is 9.77. The molecule has 1 unspecified atom stereocenters. The molecule has 0 aromatic heterocycles. The van der Waals surface area contributed by atoms with E-state index in [2.05, 4.69) is 0 Å². The van der Waals surface area contributed by atoms with Crippen molar-refractivity contribution in [3.8, 4) is 5.75 Å². The summed E-state index contributed by atoms with van der Waals surface area (Å²) in [6, 6.07) is 3.48. The Labute approximate surface area is 112 Å². The van der Waals surface area contributed by atoms with Crippen molar-refractivity contribution in [2.24, 2.45) is 17.2 Å². The monoisotopic (exact) mass is 287 g/mol. The van der Waals surface area contributed by atoms with Crippen LogP contribution in [0.2, 0.25) is 0 Å². The van der Waals surface area contributed by atoms with Crippen LogP contribution in [0.25, 0.3) is 5.70 Å². The van der Waals surface area contributed by atoms with E-state index in [9.17, 15) is 13.9 Å². The van der Waals surface area contributed by atoms with Crippen LogP contribution >= 0.6 is 9.24 Å². The normalized spacial score (nSPS) is 12.8. The van der Waals surface area contributed by atoms with E-state index >= 15 is 0 Å². The number of nitrogens with two attached hydrogens (primary N) is 3. The SMILES string of the molecule is C/C(C=C(N)N)=C(/N)c1ccc(C(F)(F)P)cc1O. The predicted molar refractivity (Wildman–Crippen MR) is 74.9 cm³/mol. The number of benzene rings is 1. The molecule has 0 fully saturated rings. The molecule has 0 aliphatic rings. The minimum Gasteiger partial charge on any atom is -0.507 e. The number of hydrogen-bond acceptors (Lipinski definition) is 4. The molecule has 4 nitrogen and oxygen atoms in total. The third-order valence-electron chi connectivity index (χ3n) is 2.48. The second kappa shape index (κ2) is 5.45. The number of aromatic hydroxyl groups is 1. The highest BCUT2D eigenvalue weighted by Gasteiger charge is 2.25. The number of hydrogen-bond donors (Lipinski definition) is 4. The topological polar surface area (TPSA) is 98.3 Å². The van der Waals surface area contributed by atoms with E-state index in [0.29, 0.717) is 5.57 Å². The minimum atomic E-state index is -3.11. The van der Waals surface area contributed by atoms with E-state index in [1.54, 1.807) is 6.92 Å². The third-order valence-corrected chi connectivity index (χ3v) is 2.81. The van der Waals surface area contributed by atoms with Crippen molar-refractivity contribution in [2.45, 2.75) is 12.6 Å². The molecule has 1 atom stereocenters. The fraction of sp³-hybridized carbons (Fsp3) is 0.167. The third kappa shape index (κ3) is 3.83. The molecule has 0 saturated heterocycles. The maximum absolute atomic E-state index is 13.1. The van der Waals surface area contributed by atoms with Gasteiger partial charge in [0, 0.05) is 16.8 Å². The Bertz CT molecular complexity index is 546. The van der Waals surface area contributed by atoms with Crippen molar-refractivity contribution in [2.75, 3.05) is 0 Å². The molecule has 1 aromatic carbocycles. The van der Waals surface area contributed by atoms with Gasteiger partial charge in [-0.15, -0.1) is 0 Å². The fourth-order valence-corrected chi connectivity index (χ4v) is 1.69. The molecule has 7 N–H and O–H groups in total. The van der Waals surface area contributed by atoms with E-state index < -0.39 is 5.66 Å². The number of allylic oxidation sites excluding steroid dienone is 2. The van der Waals surface area contributed by atoms with Crippen molar-refractivity contribution in [3.05, 3.63) is 46.8 Å². The highest BCUT2D eigenvalue weighted by Crippen LogP contribution is 2.38. The summed E-state index contributed by atoms with van der Waals surface area (Å²) in [7, 11) is 1.40. The lowest BCUT2D eigenvalue weighted by Crippen LogP contribution is -2.09. The lowest BCUT2D eigenvalue weighted by molar-refractivity contribution is 0.103. The summed E-state index contributed by atoms with van der Waals surface area (Å²) < 4.78 is 26.1. The standard InChI is InChI=1S/C12H16F2N3OP/c1-6(4-10(15)16)11(17)8-3-2-7(5-9(8)18)12(13,14)19/h2-5,18H,15-17,19H2,1H3/b11-6-. The Balaban J connectivity index is 3.28. The van der Waals surface area contributed by atoms with Gasteiger partial charge in [-0.1, -0.05) is 15.3 Å². The summed E-state index contributed by atoms with van der Waals surface area (Å²) in [4.78, 5) is 0. The van der Waals surface area contributed by atoms with Crippen LogP contribution in [0.5, 0.6) is 5.75 Å². The summed E-state index contributed by atoms with van der Waals surface area (Å²) in [5.41, 5.74) is 14.0. The Morgan fingerprint density at radius 1 is 1.32 bits per heavy atom. The summed E-state index contributed by atoms with van der Waals surface area (Å²) in [5.74, 6) is -0.270. The molecule has 1 aromatic rings. The predicted octanol–water partition coefficient (Wildman–Crippen LogP) is 1.77. The van der Waals surface area contributed by atoms with Gasteiger partial charge >= 0.3 is 0 Å². The first kappa shape index (κ1) is 15.2. The first-order valence-corrected chi connectivity index (χ1v) is 5.90. The molecule has 0 amide bonds. The lowest BCUT2D eigenvalue weighted by Gasteiger charge is -2.13. The first-order valence-electron chi connectivity index (χ1n) is 5.32. The Morgan fingerprint density at radius 3 is 2.32 bits per heavy atom. The van der Waals surface area contributed by atoms with E-state index in [0.717, 1.165) is 6.07 Å². The molecule has 0 aliphatic heterocycles. The molecule has 0 aliphatic carbocycles. The number of rotatable bonds is 3. The van der Waals surface area contributed by atoms with Crippen molar-refractivity contribution in [1.29, 1.82) is 0 Å². The molecular weight excluding hydrogens is 271 g/mol. The molecule has 0 heterocycles. The summed E-state index contributed by atoms with van der Waals surface area (Å²) >= 11 is 0. The van der Waals surface area contributed by atoms with Gasteiger partial charge in [0.15, 0.2) is 0 Å². The van der Waals surface area contributed by atoms with Crippen LogP contribution in [-0.2, 0) is 5.66 Å². The van der Waals surface area contributed by atoms with Crippen LogP contribution in [-0.4, -0.2) is 5.11 Å². The fourth-order valence-electron chi connectivity index (χ4n) is 1.51. The average molecular weight is 287 g/mol. The van der Waals surface area contributed by atoms with E-state index in [1.807, 2.05) is 0 Å². The minimum absolute atomic E-state index is 0.0630. The summed E-state index contributed by atoms with van der Waals surface area (Å²) in [6.07, 6.45) is 1.42. The zero-order valence-electron chi connectivity index (χ0n) is 10.3. The van der Waals surface area contributed by atoms with Gasteiger partial charge in [0.2, 0.25) is 0 Å². The smallest absolute Gasteiger partial charge is 0.284 e. The number of alkyl halides is 2. The van der Waals surface area contributed by atoms with Crippen LogP contribution in [0.1, 0.15) is 18.1 Å². The van der Waals surface area contributed by atoms with Crippen molar-refractivity contribution in [3.63, 3.8) is 0 Å². The Kier molecular flexibility index (Phi) is 4.37. The largest absolute Gasteiger partial charge is 0.507 e. The second-order valence-electron chi connectivity index (χ2n) is 4.10. The molecule has 0 saturated carbocycles. The molecule has 0 spiro atoms. The van der Waals surface area contributed by atoms with E-state index in [4.69, 9.17) is 17.2 Å².